The highest BCUT2D eigenvalue weighted by Gasteiger charge is 2.32. The summed E-state index contributed by atoms with van der Waals surface area (Å²) in [6.07, 6.45) is 0. The molecule has 0 saturated heterocycles. The first-order valence-electron chi connectivity index (χ1n) is 5.56. The minimum absolute atomic E-state index is 0.102. The Hall–Kier alpha value is -2.72. The first kappa shape index (κ1) is 12.1. The monoisotopic (exact) mass is 296 g/mol. The molecule has 2 aromatic heterocycles. The molecule has 0 aliphatic carbocycles. The molecule has 0 aliphatic rings. The first-order chi connectivity index (χ1) is 10.1. The second kappa shape index (κ2) is 3.90. The Morgan fingerprint density at radius 2 is 1.52 bits per heavy atom. The van der Waals surface area contributed by atoms with E-state index < -0.39 is 35.3 Å². The molecule has 0 bridgehead atoms. The van der Waals surface area contributed by atoms with Gasteiger partial charge >= 0.3 is 7.27 Å². The zero-order chi connectivity index (χ0) is 14.7. The van der Waals surface area contributed by atoms with Crippen molar-refractivity contribution >= 4 is 45.6 Å². The molecule has 4 rings (SSSR count). The summed E-state index contributed by atoms with van der Waals surface area (Å²) < 4.78 is 63.5. The van der Waals surface area contributed by atoms with Crippen molar-refractivity contribution in [3.8, 4) is 0 Å². The first-order valence-corrected chi connectivity index (χ1v) is 5.56. The lowest BCUT2D eigenvalue weighted by atomic mass is 9.82. The minimum atomic E-state index is -3.19. The molecule has 0 aliphatic heterocycles. The van der Waals surface area contributed by atoms with Crippen LogP contribution in [0.2, 0.25) is 0 Å². The van der Waals surface area contributed by atoms with Gasteiger partial charge in [-0.1, -0.05) is 5.16 Å². The summed E-state index contributed by atoms with van der Waals surface area (Å²) >= 11 is 0. The van der Waals surface area contributed by atoms with E-state index in [0.29, 0.717) is 0 Å². The molecule has 0 atom stereocenters. The average Bonchev–Trinajstić information content (AvgIpc) is 3.05. The van der Waals surface area contributed by atoms with Crippen molar-refractivity contribution in [1.82, 2.24) is 20.6 Å². The molecule has 0 radical (unpaired) electrons. The smallest absolute Gasteiger partial charge is 0.281 e. The largest absolute Gasteiger partial charge is 0.577 e. The summed E-state index contributed by atoms with van der Waals surface area (Å²) in [6, 6.07) is 0.934. The van der Waals surface area contributed by atoms with Gasteiger partial charge in [0.2, 0.25) is 0 Å². The highest BCUT2D eigenvalue weighted by atomic mass is 19.2. The summed E-state index contributed by atoms with van der Waals surface area (Å²) in [4.78, 5) is 0. The van der Waals surface area contributed by atoms with Gasteiger partial charge in [0.05, 0.1) is 16.2 Å². The summed E-state index contributed by atoms with van der Waals surface area (Å²) in [6.45, 7) is 0. The van der Waals surface area contributed by atoms with Crippen LogP contribution >= 0.6 is 0 Å². The van der Waals surface area contributed by atoms with Crippen molar-refractivity contribution < 1.29 is 26.7 Å². The van der Waals surface area contributed by atoms with E-state index in [0.717, 1.165) is 6.07 Å². The van der Waals surface area contributed by atoms with Crippen molar-refractivity contribution in [1.29, 1.82) is 0 Å². The quantitative estimate of drug-likeness (QED) is 0.394. The maximum atomic E-state index is 14.4. The highest BCUT2D eigenvalue weighted by molar-refractivity contribution is 6.63. The Bertz CT molecular complexity index is 1010. The van der Waals surface area contributed by atoms with Gasteiger partial charge in [-0.25, -0.2) is 18.0 Å². The van der Waals surface area contributed by atoms with E-state index in [1.165, 1.54) is 0 Å². The molecule has 0 fully saturated rings. The summed E-state index contributed by atoms with van der Waals surface area (Å²) in [5, 5.41) is 12.5. The molecular formula is C10HBF4N4O2. The normalized spacial score (nSPS) is 11.8. The van der Waals surface area contributed by atoms with Crippen LogP contribution in [0.3, 0.4) is 0 Å². The van der Waals surface area contributed by atoms with Gasteiger partial charge in [0, 0.05) is 6.07 Å². The van der Waals surface area contributed by atoms with Gasteiger partial charge in [0.1, 0.15) is 33.7 Å². The number of fused-ring (bicyclic) bond motifs is 5. The molecule has 0 amide bonds. The molecule has 0 spiro atoms. The minimum Gasteiger partial charge on any atom is -0.281 e. The van der Waals surface area contributed by atoms with Gasteiger partial charge in [-0.2, -0.15) is 0 Å². The fraction of sp³-hybridized carbons (Fsp3) is 0. The van der Waals surface area contributed by atoms with E-state index in [4.69, 9.17) is 0 Å². The van der Waals surface area contributed by atoms with Crippen molar-refractivity contribution in [2.24, 2.45) is 0 Å². The second-order valence-corrected chi connectivity index (χ2v) is 4.23. The molecule has 6 nitrogen and oxygen atoms in total. The molecule has 11 heteroatoms. The third kappa shape index (κ3) is 1.42. The topological polar surface area (TPSA) is 77.8 Å². The summed E-state index contributed by atoms with van der Waals surface area (Å²) in [5.74, 6) is -2.28. The molecule has 104 valence electrons. The van der Waals surface area contributed by atoms with E-state index >= 15 is 0 Å². The maximum Gasteiger partial charge on any atom is 0.577 e. The van der Waals surface area contributed by atoms with Crippen LogP contribution in [0, 0.1) is 11.6 Å². The van der Waals surface area contributed by atoms with Gasteiger partial charge < -0.3 is 0 Å². The zero-order valence-corrected chi connectivity index (χ0v) is 9.77. The number of nitrogens with zero attached hydrogens (tertiary/aromatic N) is 4. The lowest BCUT2D eigenvalue weighted by Gasteiger charge is -2.05. The molecule has 0 N–H and O–H groups in total. The SMILES string of the molecule is FB(F)c1c(F)c2c3nonc3cc(F)c2c2nonc12. The number of benzene rings is 2. The molecule has 0 saturated carbocycles. The number of hydrogen-bond donors (Lipinski definition) is 0. The Morgan fingerprint density at radius 1 is 0.857 bits per heavy atom. The zero-order valence-electron chi connectivity index (χ0n) is 9.77. The fourth-order valence-electron chi connectivity index (χ4n) is 2.31. The number of hydrogen-bond acceptors (Lipinski definition) is 6. The standard InChI is InChI=1S/C10HBF4N4O2/c12-2-1-3-8(17-20-16-3)5-4(2)9-10(19-21-18-9)6(7(5)13)11(14)15/h1H. The average molecular weight is 296 g/mol. The molecule has 2 heterocycles. The second-order valence-electron chi connectivity index (χ2n) is 4.23. The number of rotatable bonds is 1. The Labute approximate surface area is 111 Å². The lowest BCUT2D eigenvalue weighted by Crippen LogP contribution is -2.26. The number of aromatic nitrogens is 4. The van der Waals surface area contributed by atoms with Crippen LogP contribution in [-0.2, 0) is 0 Å². The summed E-state index contributed by atoms with van der Waals surface area (Å²) in [7, 11) is -3.19. The molecule has 21 heavy (non-hydrogen) atoms. The van der Waals surface area contributed by atoms with Gasteiger partial charge in [-0.3, -0.25) is 8.63 Å². The third-order valence-corrected chi connectivity index (χ3v) is 3.16. The lowest BCUT2D eigenvalue weighted by molar-refractivity contribution is 0.315. The van der Waals surface area contributed by atoms with Crippen LogP contribution in [0.25, 0.3) is 32.8 Å². The number of halogens is 4. The van der Waals surface area contributed by atoms with Gasteiger partial charge in [-0.15, -0.1) is 0 Å². The van der Waals surface area contributed by atoms with Crippen LogP contribution < -0.4 is 5.46 Å². The van der Waals surface area contributed by atoms with Crippen molar-refractivity contribution in [3.63, 3.8) is 0 Å². The van der Waals surface area contributed by atoms with Crippen LogP contribution in [0.5, 0.6) is 0 Å². The third-order valence-electron chi connectivity index (χ3n) is 3.16. The summed E-state index contributed by atoms with van der Waals surface area (Å²) in [5.41, 5.74) is -2.17. The van der Waals surface area contributed by atoms with E-state index in [9.17, 15) is 17.4 Å². The van der Waals surface area contributed by atoms with Crippen molar-refractivity contribution in [2.45, 2.75) is 0 Å². The van der Waals surface area contributed by atoms with Crippen LogP contribution in [0.4, 0.5) is 17.4 Å². The molecule has 2 aromatic carbocycles. The molecule has 4 aromatic rings. The Morgan fingerprint density at radius 3 is 2.29 bits per heavy atom. The Balaban J connectivity index is 2.40. The highest BCUT2D eigenvalue weighted by Crippen LogP contribution is 2.32. The van der Waals surface area contributed by atoms with Crippen molar-refractivity contribution in [3.05, 3.63) is 17.7 Å². The van der Waals surface area contributed by atoms with E-state index in [-0.39, 0.29) is 21.9 Å². The molecular weight excluding hydrogens is 295 g/mol. The van der Waals surface area contributed by atoms with E-state index in [2.05, 4.69) is 29.9 Å². The van der Waals surface area contributed by atoms with Gasteiger partial charge in [0.25, 0.3) is 0 Å². The maximum absolute atomic E-state index is 14.4. The van der Waals surface area contributed by atoms with Crippen LogP contribution in [0.1, 0.15) is 0 Å². The van der Waals surface area contributed by atoms with Crippen LogP contribution in [-0.4, -0.2) is 27.9 Å². The molecule has 0 unspecified atom stereocenters. The predicted octanol–water partition coefficient (Wildman–Crippen LogP) is 1.82. The Kier molecular flexibility index (Phi) is 2.24. The predicted molar refractivity (Wildman–Crippen MR) is 62.2 cm³/mol. The van der Waals surface area contributed by atoms with E-state index in [1.54, 1.807) is 0 Å². The van der Waals surface area contributed by atoms with E-state index in [1.807, 2.05) is 0 Å². The van der Waals surface area contributed by atoms with Gasteiger partial charge in [0.15, 0.2) is 0 Å². The van der Waals surface area contributed by atoms with Crippen molar-refractivity contribution in [2.75, 3.05) is 0 Å². The van der Waals surface area contributed by atoms with Gasteiger partial charge in [-0.05, 0) is 15.5 Å². The van der Waals surface area contributed by atoms with Crippen LogP contribution in [0.15, 0.2) is 15.3 Å². The fourth-order valence-corrected chi connectivity index (χ4v) is 2.31.